The molecule has 6 nitrogen and oxygen atoms in total. The fraction of sp³-hybridized carbons (Fsp3) is 0.250. The summed E-state index contributed by atoms with van der Waals surface area (Å²) in [7, 11) is 0. The Morgan fingerprint density at radius 1 is 0.594 bits per heavy atom. The van der Waals surface area contributed by atoms with Gasteiger partial charge in [-0.25, -0.2) is 0 Å². The van der Waals surface area contributed by atoms with Gasteiger partial charge in [-0.3, -0.25) is 0 Å². The predicted molar refractivity (Wildman–Crippen MR) is 135 cm³/mol. The van der Waals surface area contributed by atoms with Crippen LogP contribution in [0.3, 0.4) is 0 Å². The molecule has 0 amide bonds. The average Bonchev–Trinajstić information content (AvgIpc) is 2.81. The zero-order chi connectivity index (χ0) is 22.8. The van der Waals surface area contributed by atoms with Crippen molar-refractivity contribution in [2.75, 3.05) is 36.9 Å². The summed E-state index contributed by atoms with van der Waals surface area (Å²) in [6, 6.07) is 22.6. The normalized spacial score (nSPS) is 12.6. The van der Waals surface area contributed by atoms with E-state index in [1.165, 1.54) is 0 Å². The fourth-order valence-electron chi connectivity index (χ4n) is 2.74. The molecule has 3 aromatic rings. The number of anilines is 2. The average molecular weight is 566 g/mol. The Kier molecular flexibility index (Phi) is 9.67. The van der Waals surface area contributed by atoms with Gasteiger partial charge in [0.25, 0.3) is 0 Å². The Hall–Kier alpha value is -2.26. The van der Waals surface area contributed by atoms with Crippen LogP contribution < -0.4 is 20.1 Å². The maximum atomic E-state index is 10.1. The lowest BCUT2D eigenvalue weighted by molar-refractivity contribution is 0.115. The highest BCUT2D eigenvalue weighted by Crippen LogP contribution is 2.19. The van der Waals surface area contributed by atoms with Gasteiger partial charge in [0.15, 0.2) is 0 Å². The zero-order valence-corrected chi connectivity index (χ0v) is 20.6. The Balaban J connectivity index is 1.33. The third kappa shape index (κ3) is 8.70. The number of hydrogen-bond donors (Lipinski definition) is 4. The van der Waals surface area contributed by atoms with Gasteiger partial charge >= 0.3 is 0 Å². The number of halogens is 2. The van der Waals surface area contributed by atoms with E-state index in [9.17, 15) is 10.2 Å². The summed E-state index contributed by atoms with van der Waals surface area (Å²) >= 11 is 6.79. The molecule has 0 spiro atoms. The highest BCUT2D eigenvalue weighted by Gasteiger charge is 2.08. The van der Waals surface area contributed by atoms with Crippen LogP contribution in [0.1, 0.15) is 0 Å². The van der Waals surface area contributed by atoms with Crippen molar-refractivity contribution < 1.29 is 19.7 Å². The Labute approximate surface area is 204 Å². The summed E-state index contributed by atoms with van der Waals surface area (Å²) in [6.07, 6.45) is -1.30. The molecular weight excluding hydrogens is 540 g/mol. The predicted octanol–water partition coefficient (Wildman–Crippen LogP) is 4.92. The Bertz CT molecular complexity index is 859. The standard InChI is InChI=1S/C24H26Br2N2O4/c25-17-1-5-19(6-2-17)27-13-21(29)15-31-23-9-11-24(12-10-23)32-16-22(30)14-28-20-7-3-18(26)4-8-20/h1-12,21-22,27-30H,13-16H2/t21-,22+. The summed E-state index contributed by atoms with van der Waals surface area (Å²) < 4.78 is 13.3. The topological polar surface area (TPSA) is 83.0 Å². The van der Waals surface area contributed by atoms with Crippen LogP contribution >= 0.6 is 31.9 Å². The molecule has 0 aliphatic rings. The summed E-state index contributed by atoms with van der Waals surface area (Å²) in [4.78, 5) is 0. The second kappa shape index (κ2) is 12.7. The van der Waals surface area contributed by atoms with Crippen LogP contribution in [-0.2, 0) is 0 Å². The van der Waals surface area contributed by atoms with Crippen LogP contribution in [0.15, 0.2) is 81.7 Å². The van der Waals surface area contributed by atoms with E-state index in [0.717, 1.165) is 20.3 Å². The van der Waals surface area contributed by atoms with Crippen molar-refractivity contribution in [3.05, 3.63) is 81.7 Å². The van der Waals surface area contributed by atoms with Gasteiger partial charge < -0.3 is 30.3 Å². The molecule has 0 aromatic heterocycles. The lowest BCUT2D eigenvalue weighted by atomic mass is 10.3. The zero-order valence-electron chi connectivity index (χ0n) is 17.4. The first-order chi connectivity index (χ1) is 15.5. The second-order valence-corrected chi connectivity index (χ2v) is 9.01. The quantitative estimate of drug-likeness (QED) is 0.250. The molecule has 32 heavy (non-hydrogen) atoms. The molecular formula is C24H26Br2N2O4. The molecule has 2 atom stereocenters. The molecule has 170 valence electrons. The summed E-state index contributed by atoms with van der Waals surface area (Å²) in [5.41, 5.74) is 1.87. The van der Waals surface area contributed by atoms with Crippen LogP contribution in [-0.4, -0.2) is 48.7 Å². The maximum absolute atomic E-state index is 10.1. The van der Waals surface area contributed by atoms with Crippen molar-refractivity contribution in [3.8, 4) is 11.5 Å². The third-order valence-corrected chi connectivity index (χ3v) is 5.54. The minimum atomic E-state index is -0.650. The number of hydrogen-bond acceptors (Lipinski definition) is 6. The number of rotatable bonds is 12. The van der Waals surface area contributed by atoms with E-state index in [-0.39, 0.29) is 13.2 Å². The van der Waals surface area contributed by atoms with Crippen molar-refractivity contribution in [2.24, 2.45) is 0 Å². The van der Waals surface area contributed by atoms with E-state index < -0.39 is 12.2 Å². The Morgan fingerprint density at radius 3 is 1.28 bits per heavy atom. The third-order valence-electron chi connectivity index (χ3n) is 4.48. The van der Waals surface area contributed by atoms with Crippen molar-refractivity contribution in [1.82, 2.24) is 0 Å². The van der Waals surface area contributed by atoms with Gasteiger partial charge in [-0.15, -0.1) is 0 Å². The van der Waals surface area contributed by atoms with E-state index in [0.29, 0.717) is 24.6 Å². The molecule has 0 saturated heterocycles. The van der Waals surface area contributed by atoms with Crippen LogP contribution in [0.25, 0.3) is 0 Å². The lowest BCUT2D eigenvalue weighted by Gasteiger charge is -2.15. The molecule has 0 saturated carbocycles. The molecule has 8 heteroatoms. The smallest absolute Gasteiger partial charge is 0.119 e. The summed E-state index contributed by atoms with van der Waals surface area (Å²) in [5.74, 6) is 1.27. The minimum Gasteiger partial charge on any atom is -0.491 e. The molecule has 0 fully saturated rings. The maximum Gasteiger partial charge on any atom is 0.119 e. The SMILES string of the molecule is O[C@H](CNc1ccc(Br)cc1)COc1ccc(OC[C@@H](O)CNc2ccc(Br)cc2)cc1. The number of benzene rings is 3. The van der Waals surface area contributed by atoms with Gasteiger partial charge in [0, 0.05) is 33.4 Å². The van der Waals surface area contributed by atoms with Gasteiger partial charge in [-0.05, 0) is 72.8 Å². The molecule has 0 radical (unpaired) electrons. The molecule has 4 N–H and O–H groups in total. The first-order valence-electron chi connectivity index (χ1n) is 10.2. The van der Waals surface area contributed by atoms with Gasteiger partial charge in [0.2, 0.25) is 0 Å². The largest absolute Gasteiger partial charge is 0.491 e. The highest BCUT2D eigenvalue weighted by molar-refractivity contribution is 9.10. The van der Waals surface area contributed by atoms with Crippen LogP contribution in [0.4, 0.5) is 11.4 Å². The number of nitrogens with one attached hydrogen (secondary N) is 2. The van der Waals surface area contributed by atoms with Gasteiger partial charge in [0.1, 0.15) is 36.9 Å². The van der Waals surface area contributed by atoms with E-state index in [1.807, 2.05) is 48.5 Å². The Morgan fingerprint density at radius 2 is 0.938 bits per heavy atom. The van der Waals surface area contributed by atoms with Crippen molar-refractivity contribution in [3.63, 3.8) is 0 Å². The van der Waals surface area contributed by atoms with E-state index in [2.05, 4.69) is 42.5 Å². The van der Waals surface area contributed by atoms with Gasteiger partial charge in [0.05, 0.1) is 0 Å². The van der Waals surface area contributed by atoms with Crippen LogP contribution in [0.2, 0.25) is 0 Å². The fourth-order valence-corrected chi connectivity index (χ4v) is 3.27. The van der Waals surface area contributed by atoms with E-state index >= 15 is 0 Å². The molecule has 3 aromatic carbocycles. The molecule has 0 bridgehead atoms. The first-order valence-corrected chi connectivity index (χ1v) is 11.8. The lowest BCUT2D eigenvalue weighted by Crippen LogP contribution is -2.26. The number of ether oxygens (including phenoxy) is 2. The monoisotopic (exact) mass is 564 g/mol. The van der Waals surface area contributed by atoms with Crippen LogP contribution in [0, 0.1) is 0 Å². The van der Waals surface area contributed by atoms with Crippen molar-refractivity contribution in [1.29, 1.82) is 0 Å². The molecule has 0 heterocycles. The van der Waals surface area contributed by atoms with E-state index in [4.69, 9.17) is 9.47 Å². The van der Waals surface area contributed by atoms with Crippen molar-refractivity contribution in [2.45, 2.75) is 12.2 Å². The number of aliphatic hydroxyl groups excluding tert-OH is 2. The molecule has 0 aliphatic carbocycles. The molecule has 0 aliphatic heterocycles. The number of aliphatic hydroxyl groups is 2. The molecule has 3 rings (SSSR count). The second-order valence-electron chi connectivity index (χ2n) is 7.18. The van der Waals surface area contributed by atoms with E-state index in [1.54, 1.807) is 24.3 Å². The summed E-state index contributed by atoms with van der Waals surface area (Å²) in [6.45, 7) is 1.11. The van der Waals surface area contributed by atoms with Crippen LogP contribution in [0.5, 0.6) is 11.5 Å². The first kappa shape index (κ1) is 24.4. The summed E-state index contributed by atoms with van der Waals surface area (Å²) in [5, 5.41) is 26.6. The van der Waals surface area contributed by atoms with Gasteiger partial charge in [-0.2, -0.15) is 0 Å². The minimum absolute atomic E-state index is 0.171. The highest BCUT2D eigenvalue weighted by atomic mass is 79.9. The van der Waals surface area contributed by atoms with Gasteiger partial charge in [-0.1, -0.05) is 31.9 Å². The van der Waals surface area contributed by atoms with Crippen molar-refractivity contribution >= 4 is 43.2 Å². The molecule has 0 unspecified atom stereocenters.